The van der Waals surface area contributed by atoms with Gasteiger partial charge in [0.25, 0.3) is 0 Å². The molecule has 4 rings (SSSR count). The van der Waals surface area contributed by atoms with Crippen molar-refractivity contribution in [3.05, 3.63) is 75.7 Å². The summed E-state index contributed by atoms with van der Waals surface area (Å²) in [5.41, 5.74) is 4.39. The summed E-state index contributed by atoms with van der Waals surface area (Å²) >= 11 is 0. The minimum Gasteiger partial charge on any atom is -0.379 e. The van der Waals surface area contributed by atoms with Crippen LogP contribution in [0.4, 0.5) is 0 Å². The van der Waals surface area contributed by atoms with Crippen molar-refractivity contribution >= 4 is 16.1 Å². The van der Waals surface area contributed by atoms with Crippen LogP contribution in [-0.4, -0.2) is 39.6 Å². The fraction of sp³-hybridized carbons (Fsp3) is 0.364. The first-order valence-corrected chi connectivity index (χ1v) is 11.3. The van der Waals surface area contributed by atoms with Gasteiger partial charge in [-0.1, -0.05) is 48.5 Å². The van der Waals surface area contributed by atoms with Crippen molar-refractivity contribution in [2.45, 2.75) is 25.9 Å². The molecular formula is C22H26N2O3S. The molecule has 1 fully saturated rings. The molecule has 0 saturated carbocycles. The van der Waals surface area contributed by atoms with E-state index in [9.17, 15) is 8.42 Å². The maximum atomic E-state index is 12.9. The number of hydrogen-bond donors (Lipinski definition) is 1. The number of rotatable bonds is 6. The molecule has 0 radical (unpaired) electrons. The smallest absolute Gasteiger partial charge is 0.237 e. The zero-order chi connectivity index (χ0) is 19.4. The average molecular weight is 399 g/mol. The molecule has 2 aromatic carbocycles. The van der Waals surface area contributed by atoms with E-state index in [0.717, 1.165) is 56.0 Å². The van der Waals surface area contributed by atoms with Crippen LogP contribution in [-0.2, 0) is 34.3 Å². The maximum absolute atomic E-state index is 12.9. The van der Waals surface area contributed by atoms with E-state index in [1.807, 2.05) is 36.4 Å². The maximum Gasteiger partial charge on any atom is 0.237 e. The zero-order valence-electron chi connectivity index (χ0n) is 15.9. The second-order valence-electron chi connectivity index (χ2n) is 7.29. The van der Waals surface area contributed by atoms with E-state index in [1.165, 1.54) is 5.56 Å². The lowest BCUT2D eigenvalue weighted by atomic mass is 9.98. The standard InChI is InChI=1S/C22H26N2O3S/c25-28(26,22-10-9-18-5-1-2-6-19(18)15-22)23-16-20-7-3-4-8-21(20)17-24-11-13-27-14-12-24/h1-8,15,23H,9-14,16-17H2. The van der Waals surface area contributed by atoms with Crippen LogP contribution in [0.2, 0.25) is 0 Å². The number of morpholine rings is 1. The summed E-state index contributed by atoms with van der Waals surface area (Å²) in [4.78, 5) is 2.81. The van der Waals surface area contributed by atoms with Gasteiger partial charge in [0.05, 0.1) is 18.1 Å². The predicted molar refractivity (Wildman–Crippen MR) is 111 cm³/mol. The molecule has 0 bridgehead atoms. The number of sulfonamides is 1. The van der Waals surface area contributed by atoms with Gasteiger partial charge in [-0.15, -0.1) is 0 Å². The van der Waals surface area contributed by atoms with E-state index in [4.69, 9.17) is 4.74 Å². The number of ether oxygens (including phenoxy) is 1. The lowest BCUT2D eigenvalue weighted by molar-refractivity contribution is 0.0341. The van der Waals surface area contributed by atoms with Crippen molar-refractivity contribution in [2.24, 2.45) is 0 Å². The highest BCUT2D eigenvalue weighted by atomic mass is 32.2. The molecular weight excluding hydrogens is 372 g/mol. The Kier molecular flexibility index (Phi) is 5.92. The van der Waals surface area contributed by atoms with Gasteiger partial charge in [0.15, 0.2) is 0 Å². The monoisotopic (exact) mass is 398 g/mol. The summed E-state index contributed by atoms with van der Waals surface area (Å²) in [6, 6.07) is 16.0. The Hall–Kier alpha value is -1.99. The molecule has 1 saturated heterocycles. The third kappa shape index (κ3) is 4.52. The molecule has 1 N–H and O–H groups in total. The molecule has 0 aromatic heterocycles. The molecule has 0 unspecified atom stereocenters. The number of aryl methyl sites for hydroxylation is 1. The molecule has 0 spiro atoms. The molecule has 1 aliphatic carbocycles. The number of fused-ring (bicyclic) bond motifs is 1. The van der Waals surface area contributed by atoms with Crippen LogP contribution < -0.4 is 4.72 Å². The first kappa shape index (κ1) is 19.3. The quantitative estimate of drug-likeness (QED) is 0.813. The molecule has 2 aromatic rings. The van der Waals surface area contributed by atoms with Crippen molar-refractivity contribution < 1.29 is 13.2 Å². The summed E-state index contributed by atoms with van der Waals surface area (Å²) in [6.07, 6.45) is 3.11. The molecule has 1 heterocycles. The van der Waals surface area contributed by atoms with Crippen LogP contribution in [0.25, 0.3) is 6.08 Å². The van der Waals surface area contributed by atoms with Crippen LogP contribution >= 0.6 is 0 Å². The Morgan fingerprint density at radius 1 is 0.929 bits per heavy atom. The van der Waals surface area contributed by atoms with Crippen LogP contribution in [0, 0.1) is 0 Å². The number of hydrogen-bond acceptors (Lipinski definition) is 4. The van der Waals surface area contributed by atoms with Gasteiger partial charge in [-0.25, -0.2) is 13.1 Å². The number of benzene rings is 2. The van der Waals surface area contributed by atoms with Gasteiger partial charge in [-0.2, -0.15) is 0 Å². The van der Waals surface area contributed by atoms with Crippen LogP contribution in [0.3, 0.4) is 0 Å². The van der Waals surface area contributed by atoms with Gasteiger partial charge in [0.2, 0.25) is 10.0 Å². The van der Waals surface area contributed by atoms with Gasteiger partial charge >= 0.3 is 0 Å². The van der Waals surface area contributed by atoms with Gasteiger partial charge in [0, 0.05) is 26.2 Å². The molecule has 2 aliphatic rings. The fourth-order valence-electron chi connectivity index (χ4n) is 3.77. The molecule has 5 nitrogen and oxygen atoms in total. The Balaban J connectivity index is 1.46. The van der Waals surface area contributed by atoms with E-state index in [-0.39, 0.29) is 0 Å². The summed E-state index contributed by atoms with van der Waals surface area (Å²) in [7, 11) is -3.50. The Morgan fingerprint density at radius 3 is 2.46 bits per heavy atom. The lowest BCUT2D eigenvalue weighted by Gasteiger charge is -2.27. The second-order valence-corrected chi connectivity index (χ2v) is 9.11. The number of nitrogens with zero attached hydrogens (tertiary/aromatic N) is 1. The minimum absolute atomic E-state index is 0.307. The van der Waals surface area contributed by atoms with E-state index in [1.54, 1.807) is 6.08 Å². The zero-order valence-corrected chi connectivity index (χ0v) is 16.7. The highest BCUT2D eigenvalue weighted by Crippen LogP contribution is 2.26. The first-order valence-electron chi connectivity index (χ1n) is 9.77. The molecule has 1 aliphatic heterocycles. The van der Waals surface area contributed by atoms with Gasteiger partial charge in [-0.3, -0.25) is 4.90 Å². The Morgan fingerprint density at radius 2 is 1.64 bits per heavy atom. The minimum atomic E-state index is -3.50. The van der Waals surface area contributed by atoms with E-state index in [2.05, 4.69) is 21.8 Å². The normalized spacial score (nSPS) is 17.8. The summed E-state index contributed by atoms with van der Waals surface area (Å²) in [5, 5.41) is 0. The van der Waals surface area contributed by atoms with Gasteiger partial charge < -0.3 is 4.74 Å². The van der Waals surface area contributed by atoms with E-state index < -0.39 is 10.0 Å². The van der Waals surface area contributed by atoms with Crippen molar-refractivity contribution in [3.8, 4) is 0 Å². The highest BCUT2D eigenvalue weighted by molar-refractivity contribution is 7.93. The first-order chi connectivity index (χ1) is 13.6. The third-order valence-electron chi connectivity index (χ3n) is 5.43. The average Bonchev–Trinajstić information content (AvgIpc) is 2.73. The van der Waals surface area contributed by atoms with E-state index in [0.29, 0.717) is 17.9 Å². The van der Waals surface area contributed by atoms with Crippen LogP contribution in [0.1, 0.15) is 28.7 Å². The summed E-state index contributed by atoms with van der Waals surface area (Å²) in [5.74, 6) is 0. The second kappa shape index (κ2) is 8.57. The largest absolute Gasteiger partial charge is 0.379 e. The molecule has 0 amide bonds. The van der Waals surface area contributed by atoms with Crippen LogP contribution in [0.15, 0.2) is 53.4 Å². The predicted octanol–water partition coefficient (Wildman–Crippen LogP) is 2.93. The SMILES string of the molecule is O=S(=O)(NCc1ccccc1CN1CCOCC1)C1=Cc2ccccc2CC1. The number of allylic oxidation sites excluding steroid dienone is 1. The van der Waals surface area contributed by atoms with E-state index >= 15 is 0 Å². The third-order valence-corrected chi connectivity index (χ3v) is 6.96. The summed E-state index contributed by atoms with van der Waals surface area (Å²) in [6.45, 7) is 4.45. The van der Waals surface area contributed by atoms with Gasteiger partial charge in [0.1, 0.15) is 0 Å². The number of nitrogens with one attached hydrogen (secondary N) is 1. The Labute approximate surface area is 167 Å². The van der Waals surface area contributed by atoms with Crippen molar-refractivity contribution in [1.29, 1.82) is 0 Å². The molecule has 148 valence electrons. The highest BCUT2D eigenvalue weighted by Gasteiger charge is 2.22. The van der Waals surface area contributed by atoms with Crippen molar-refractivity contribution in [2.75, 3.05) is 26.3 Å². The lowest BCUT2D eigenvalue weighted by Crippen LogP contribution is -2.36. The fourth-order valence-corrected chi connectivity index (χ4v) is 4.95. The summed E-state index contributed by atoms with van der Waals surface area (Å²) < 4.78 is 34.0. The van der Waals surface area contributed by atoms with Crippen LogP contribution in [0.5, 0.6) is 0 Å². The molecule has 6 heteroatoms. The van der Waals surface area contributed by atoms with Gasteiger partial charge in [-0.05, 0) is 41.2 Å². The van der Waals surface area contributed by atoms with Crippen molar-refractivity contribution in [3.63, 3.8) is 0 Å². The topological polar surface area (TPSA) is 58.6 Å². The Bertz CT molecular complexity index is 963. The molecule has 28 heavy (non-hydrogen) atoms. The molecule has 0 atom stereocenters. The van der Waals surface area contributed by atoms with Crippen molar-refractivity contribution in [1.82, 2.24) is 9.62 Å².